The molecule has 8 heteroatoms. The van der Waals surface area contributed by atoms with E-state index in [1.54, 1.807) is 13.0 Å². The zero-order valence-electron chi connectivity index (χ0n) is 12.4. The first-order valence-electron chi connectivity index (χ1n) is 6.60. The Kier molecular flexibility index (Phi) is 5.58. The number of aromatic amines is 1. The smallest absolute Gasteiger partial charge is 0.325 e. The summed E-state index contributed by atoms with van der Waals surface area (Å²) in [5, 5.41) is 12.2. The fourth-order valence-corrected chi connectivity index (χ4v) is 3.19. The third-order valence-corrected chi connectivity index (χ3v) is 4.47. The number of carbonyl (C=O) groups excluding carboxylic acids is 1. The van der Waals surface area contributed by atoms with Crippen molar-refractivity contribution in [3.63, 3.8) is 0 Å². The fraction of sp³-hybridized carbons (Fsp3) is 0.200. The Morgan fingerprint density at radius 1 is 1.48 bits per heavy atom. The number of aromatic nitrogens is 2. The lowest BCUT2D eigenvalue weighted by Gasteiger charge is -2.09. The molecular formula is C15H13BrN4O2S. The van der Waals surface area contributed by atoms with Gasteiger partial charge >= 0.3 is 5.69 Å². The molecular weight excluding hydrogens is 380 g/mol. The molecule has 0 fully saturated rings. The van der Waals surface area contributed by atoms with Gasteiger partial charge in [-0.25, -0.2) is 4.79 Å². The van der Waals surface area contributed by atoms with Crippen LogP contribution in [0.15, 0.2) is 32.5 Å². The van der Waals surface area contributed by atoms with E-state index in [4.69, 9.17) is 5.26 Å². The number of H-pyrrole nitrogens is 1. The van der Waals surface area contributed by atoms with Crippen LogP contribution in [0.5, 0.6) is 0 Å². The molecule has 0 bridgehead atoms. The molecule has 0 saturated heterocycles. The van der Waals surface area contributed by atoms with Crippen LogP contribution in [-0.4, -0.2) is 21.6 Å². The highest BCUT2D eigenvalue weighted by atomic mass is 79.9. The third-order valence-electron chi connectivity index (χ3n) is 3.00. The molecule has 0 aliphatic heterocycles. The van der Waals surface area contributed by atoms with E-state index in [0.717, 1.165) is 21.8 Å². The van der Waals surface area contributed by atoms with Crippen LogP contribution in [0.3, 0.4) is 0 Å². The number of nitrogens with zero attached hydrogens (tertiary/aromatic N) is 2. The largest absolute Gasteiger partial charge is 0.346 e. The monoisotopic (exact) mass is 392 g/mol. The second kappa shape index (κ2) is 7.44. The van der Waals surface area contributed by atoms with Crippen molar-refractivity contribution in [1.29, 1.82) is 5.26 Å². The Hall–Kier alpha value is -2.11. The minimum Gasteiger partial charge on any atom is -0.325 e. The van der Waals surface area contributed by atoms with E-state index in [9.17, 15) is 9.59 Å². The zero-order chi connectivity index (χ0) is 17.0. The second-order valence-corrected chi connectivity index (χ2v) is 6.63. The number of anilines is 1. The SMILES string of the molecule is Cc1cc(Br)ccc1NC(=O)CSc1nc(=O)[nH]c(C)c1C#N. The molecule has 0 aliphatic carbocycles. The Bertz CT molecular complexity index is 858. The molecule has 118 valence electrons. The van der Waals surface area contributed by atoms with Crippen LogP contribution in [0.1, 0.15) is 16.8 Å². The van der Waals surface area contributed by atoms with Crippen molar-refractivity contribution in [2.75, 3.05) is 11.1 Å². The van der Waals surface area contributed by atoms with E-state index in [1.807, 2.05) is 25.1 Å². The normalized spacial score (nSPS) is 10.2. The van der Waals surface area contributed by atoms with E-state index in [2.05, 4.69) is 31.2 Å². The van der Waals surface area contributed by atoms with Gasteiger partial charge in [0.15, 0.2) is 0 Å². The first kappa shape index (κ1) is 17.2. The number of hydrogen-bond donors (Lipinski definition) is 2. The van der Waals surface area contributed by atoms with Crippen LogP contribution in [0.4, 0.5) is 5.69 Å². The van der Waals surface area contributed by atoms with Crippen LogP contribution < -0.4 is 11.0 Å². The predicted molar refractivity (Wildman–Crippen MR) is 92.5 cm³/mol. The summed E-state index contributed by atoms with van der Waals surface area (Å²) in [4.78, 5) is 29.7. The molecule has 2 rings (SSSR count). The molecule has 0 spiro atoms. The van der Waals surface area contributed by atoms with Crippen LogP contribution >= 0.6 is 27.7 Å². The summed E-state index contributed by atoms with van der Waals surface area (Å²) in [6.45, 7) is 3.51. The maximum Gasteiger partial charge on any atom is 0.346 e. The molecule has 23 heavy (non-hydrogen) atoms. The lowest BCUT2D eigenvalue weighted by Crippen LogP contribution is -2.17. The molecule has 6 nitrogen and oxygen atoms in total. The number of amides is 1. The number of nitrogens with one attached hydrogen (secondary N) is 2. The number of benzene rings is 1. The van der Waals surface area contributed by atoms with Gasteiger partial charge in [-0.05, 0) is 37.6 Å². The van der Waals surface area contributed by atoms with E-state index in [0.29, 0.717) is 11.4 Å². The summed E-state index contributed by atoms with van der Waals surface area (Å²) >= 11 is 4.43. The molecule has 0 unspecified atom stereocenters. The van der Waals surface area contributed by atoms with E-state index < -0.39 is 5.69 Å². The number of thioether (sulfide) groups is 1. The number of aryl methyl sites for hydroxylation is 2. The van der Waals surface area contributed by atoms with Crippen LogP contribution in [0.25, 0.3) is 0 Å². The molecule has 1 amide bonds. The summed E-state index contributed by atoms with van der Waals surface area (Å²) in [5.74, 6) is -0.177. The molecule has 2 aromatic rings. The lowest BCUT2D eigenvalue weighted by atomic mass is 10.2. The van der Waals surface area contributed by atoms with Crippen molar-refractivity contribution in [3.8, 4) is 6.07 Å². The van der Waals surface area contributed by atoms with Crippen molar-refractivity contribution < 1.29 is 4.79 Å². The highest BCUT2D eigenvalue weighted by molar-refractivity contribution is 9.10. The first-order valence-corrected chi connectivity index (χ1v) is 8.38. The second-order valence-electron chi connectivity index (χ2n) is 4.76. The minimum absolute atomic E-state index is 0.0556. The summed E-state index contributed by atoms with van der Waals surface area (Å²) < 4.78 is 0.934. The number of carbonyl (C=O) groups is 1. The highest BCUT2D eigenvalue weighted by Gasteiger charge is 2.12. The van der Waals surface area contributed by atoms with Crippen molar-refractivity contribution in [1.82, 2.24) is 9.97 Å². The number of nitriles is 1. The molecule has 0 saturated carbocycles. The topological polar surface area (TPSA) is 98.6 Å². The number of rotatable bonds is 4. The van der Waals surface area contributed by atoms with Gasteiger partial charge in [-0.3, -0.25) is 4.79 Å². The standard InChI is InChI=1S/C15H13BrN4O2S/c1-8-5-10(16)3-4-12(8)19-13(21)7-23-14-11(6-17)9(2)18-15(22)20-14/h3-5H,7H2,1-2H3,(H,19,21)(H,18,20,22). The first-order chi connectivity index (χ1) is 10.9. The van der Waals surface area contributed by atoms with Crippen LogP contribution in [0, 0.1) is 25.2 Å². The Morgan fingerprint density at radius 2 is 2.22 bits per heavy atom. The Balaban J connectivity index is 2.08. The maximum atomic E-state index is 12.1. The van der Waals surface area contributed by atoms with Gasteiger partial charge in [-0.1, -0.05) is 27.7 Å². The van der Waals surface area contributed by atoms with Gasteiger partial charge in [0.05, 0.1) is 5.75 Å². The Labute approximate surface area is 145 Å². The summed E-state index contributed by atoms with van der Waals surface area (Å²) in [6.07, 6.45) is 0. The average Bonchev–Trinajstić information content (AvgIpc) is 2.47. The molecule has 1 heterocycles. The summed E-state index contributed by atoms with van der Waals surface area (Å²) in [6, 6.07) is 7.53. The third kappa shape index (κ3) is 4.43. The minimum atomic E-state index is -0.534. The summed E-state index contributed by atoms with van der Waals surface area (Å²) in [7, 11) is 0. The van der Waals surface area contributed by atoms with Gasteiger partial charge in [-0.2, -0.15) is 10.2 Å². The average molecular weight is 393 g/mol. The molecule has 1 aromatic carbocycles. The molecule has 2 N–H and O–H groups in total. The van der Waals surface area contributed by atoms with Gasteiger partial charge in [0.1, 0.15) is 16.7 Å². The number of hydrogen-bond acceptors (Lipinski definition) is 5. The maximum absolute atomic E-state index is 12.1. The Morgan fingerprint density at radius 3 is 2.87 bits per heavy atom. The molecule has 0 aliphatic rings. The van der Waals surface area contributed by atoms with Crippen molar-refractivity contribution in [2.24, 2.45) is 0 Å². The highest BCUT2D eigenvalue weighted by Crippen LogP contribution is 2.22. The van der Waals surface area contributed by atoms with Gasteiger partial charge < -0.3 is 10.3 Å². The fourth-order valence-electron chi connectivity index (χ4n) is 1.88. The quantitative estimate of drug-likeness (QED) is 0.615. The zero-order valence-corrected chi connectivity index (χ0v) is 14.8. The van der Waals surface area contributed by atoms with E-state index >= 15 is 0 Å². The van der Waals surface area contributed by atoms with Gasteiger partial charge in [0.2, 0.25) is 5.91 Å². The van der Waals surface area contributed by atoms with Gasteiger partial charge in [-0.15, -0.1) is 0 Å². The van der Waals surface area contributed by atoms with Gasteiger partial charge in [0, 0.05) is 15.9 Å². The van der Waals surface area contributed by atoms with Crippen molar-refractivity contribution in [2.45, 2.75) is 18.9 Å². The summed E-state index contributed by atoms with van der Waals surface area (Å²) in [5.41, 5.74) is 1.84. The molecule has 0 radical (unpaired) electrons. The van der Waals surface area contributed by atoms with E-state index in [1.165, 1.54) is 0 Å². The molecule has 1 aromatic heterocycles. The predicted octanol–water partition coefficient (Wildman–Crippen LogP) is 2.75. The van der Waals surface area contributed by atoms with Gasteiger partial charge in [0.25, 0.3) is 0 Å². The van der Waals surface area contributed by atoms with Crippen LogP contribution in [0.2, 0.25) is 0 Å². The van der Waals surface area contributed by atoms with E-state index in [-0.39, 0.29) is 22.2 Å². The lowest BCUT2D eigenvalue weighted by molar-refractivity contribution is -0.113. The van der Waals surface area contributed by atoms with Crippen molar-refractivity contribution >= 4 is 39.3 Å². The van der Waals surface area contributed by atoms with Crippen molar-refractivity contribution in [3.05, 3.63) is 50.0 Å². The number of halogens is 1. The van der Waals surface area contributed by atoms with Crippen LogP contribution in [-0.2, 0) is 4.79 Å². The molecule has 0 atom stereocenters.